The zero-order valence-electron chi connectivity index (χ0n) is 10.4. The summed E-state index contributed by atoms with van der Waals surface area (Å²) in [6.45, 7) is 4.74. The summed E-state index contributed by atoms with van der Waals surface area (Å²) in [6.07, 6.45) is 3.81. The predicted molar refractivity (Wildman–Crippen MR) is 67.3 cm³/mol. The van der Waals surface area contributed by atoms with E-state index in [0.717, 1.165) is 12.3 Å². The molecule has 1 fully saturated rings. The molecule has 0 aromatic heterocycles. The summed E-state index contributed by atoms with van der Waals surface area (Å²) in [5.41, 5.74) is 0.0240. The monoisotopic (exact) mass is 237 g/mol. The number of nitro groups is 1. The fraction of sp³-hybridized carbons (Fsp3) is 0.538. The molecule has 94 valence electrons. The maximum atomic E-state index is 10.5. The summed E-state index contributed by atoms with van der Waals surface area (Å²) in [5, 5.41) is 10.5. The van der Waals surface area contributed by atoms with Crippen LogP contribution >= 0.6 is 0 Å². The number of rotatable bonds is 4. The third-order valence-corrected chi connectivity index (χ3v) is 2.39. The first kappa shape index (κ1) is 13.5. The Balaban J connectivity index is 0.000000302. The molecule has 1 aromatic carbocycles. The fourth-order valence-corrected chi connectivity index (χ4v) is 1.11. The number of para-hydroxylation sites is 2. The summed E-state index contributed by atoms with van der Waals surface area (Å²) >= 11 is 0. The van der Waals surface area contributed by atoms with E-state index in [2.05, 4.69) is 6.92 Å². The van der Waals surface area contributed by atoms with Gasteiger partial charge >= 0.3 is 5.69 Å². The lowest BCUT2D eigenvalue weighted by Crippen LogP contribution is -1.98. The predicted octanol–water partition coefficient (Wildman–Crippen LogP) is 3.80. The molecule has 17 heavy (non-hydrogen) atoms. The van der Waals surface area contributed by atoms with Gasteiger partial charge in [0.15, 0.2) is 5.75 Å². The molecule has 0 saturated heterocycles. The van der Waals surface area contributed by atoms with Gasteiger partial charge in [-0.05, 0) is 18.4 Å². The highest BCUT2D eigenvalue weighted by atomic mass is 16.6. The number of benzene rings is 1. The quantitative estimate of drug-likeness (QED) is 0.591. The van der Waals surface area contributed by atoms with Gasteiger partial charge in [0.05, 0.1) is 11.5 Å². The molecule has 1 aromatic rings. The van der Waals surface area contributed by atoms with Crippen molar-refractivity contribution in [3.63, 3.8) is 0 Å². The van der Waals surface area contributed by atoms with Gasteiger partial charge in [-0.3, -0.25) is 10.1 Å². The van der Waals surface area contributed by atoms with Gasteiger partial charge in [0.1, 0.15) is 0 Å². The first-order chi connectivity index (χ1) is 8.15. The second-order valence-electron chi connectivity index (χ2n) is 4.26. The van der Waals surface area contributed by atoms with Crippen molar-refractivity contribution in [2.24, 2.45) is 5.92 Å². The Hall–Kier alpha value is -1.58. The molecule has 0 bridgehead atoms. The zero-order chi connectivity index (χ0) is 12.7. The lowest BCUT2D eigenvalue weighted by atomic mass is 10.3. The van der Waals surface area contributed by atoms with Crippen molar-refractivity contribution in [1.82, 2.24) is 0 Å². The Morgan fingerprint density at radius 2 is 2.00 bits per heavy atom. The van der Waals surface area contributed by atoms with Crippen LogP contribution < -0.4 is 4.74 Å². The summed E-state index contributed by atoms with van der Waals surface area (Å²) in [4.78, 5) is 10.1. The number of ether oxygens (including phenoxy) is 1. The van der Waals surface area contributed by atoms with E-state index in [1.807, 2.05) is 6.92 Å². The number of nitrogens with zero attached hydrogens (tertiary/aromatic N) is 1. The standard InChI is InChI=1S/C9H11NO3.C4H8/c1-2-7-13-9-6-4-3-5-8(9)10(11)12;1-4-2-3-4/h3-6H,2,7H2,1H3;4H,2-3H2,1H3. The molecule has 1 aliphatic rings. The maximum absolute atomic E-state index is 10.5. The largest absolute Gasteiger partial charge is 0.487 e. The molecule has 4 nitrogen and oxygen atoms in total. The lowest BCUT2D eigenvalue weighted by Gasteiger charge is -2.03. The third kappa shape index (κ3) is 5.33. The second-order valence-corrected chi connectivity index (χ2v) is 4.26. The van der Waals surface area contributed by atoms with Gasteiger partial charge in [-0.2, -0.15) is 0 Å². The van der Waals surface area contributed by atoms with Crippen LogP contribution in [0.1, 0.15) is 33.1 Å². The van der Waals surface area contributed by atoms with Gasteiger partial charge < -0.3 is 4.74 Å². The summed E-state index contributed by atoms with van der Waals surface area (Å²) < 4.78 is 5.21. The van der Waals surface area contributed by atoms with Gasteiger partial charge in [0.2, 0.25) is 0 Å². The van der Waals surface area contributed by atoms with Crippen molar-refractivity contribution in [2.45, 2.75) is 33.1 Å². The molecule has 2 rings (SSSR count). The molecule has 0 atom stereocenters. The van der Waals surface area contributed by atoms with E-state index < -0.39 is 4.92 Å². The van der Waals surface area contributed by atoms with E-state index in [1.54, 1.807) is 18.2 Å². The van der Waals surface area contributed by atoms with Gasteiger partial charge in [-0.15, -0.1) is 0 Å². The second kappa shape index (κ2) is 6.89. The highest BCUT2D eigenvalue weighted by Gasteiger charge is 2.13. The Kier molecular flexibility index (Phi) is 5.46. The van der Waals surface area contributed by atoms with E-state index in [4.69, 9.17) is 4.74 Å². The maximum Gasteiger partial charge on any atom is 0.310 e. The molecule has 4 heteroatoms. The fourth-order valence-electron chi connectivity index (χ4n) is 1.11. The van der Waals surface area contributed by atoms with Crippen molar-refractivity contribution in [3.05, 3.63) is 34.4 Å². The molecule has 1 saturated carbocycles. The smallest absolute Gasteiger partial charge is 0.310 e. The molecular formula is C13H19NO3. The first-order valence-corrected chi connectivity index (χ1v) is 6.01. The Labute approximate surface area is 102 Å². The van der Waals surface area contributed by atoms with E-state index >= 15 is 0 Å². The van der Waals surface area contributed by atoms with Gasteiger partial charge in [-0.1, -0.05) is 38.8 Å². The van der Waals surface area contributed by atoms with Crippen LogP contribution in [0, 0.1) is 16.0 Å². The van der Waals surface area contributed by atoms with E-state index in [9.17, 15) is 10.1 Å². The molecule has 0 aliphatic heterocycles. The van der Waals surface area contributed by atoms with E-state index in [1.165, 1.54) is 18.9 Å². The highest BCUT2D eigenvalue weighted by molar-refractivity contribution is 5.45. The number of hydrogen-bond acceptors (Lipinski definition) is 3. The molecule has 0 spiro atoms. The summed E-state index contributed by atoms with van der Waals surface area (Å²) in [5.74, 6) is 1.43. The molecule has 0 amide bonds. The summed E-state index contributed by atoms with van der Waals surface area (Å²) in [6, 6.07) is 6.38. The Bertz CT molecular complexity index is 361. The van der Waals surface area contributed by atoms with Crippen LogP contribution in [-0.4, -0.2) is 11.5 Å². The third-order valence-electron chi connectivity index (χ3n) is 2.39. The molecule has 0 radical (unpaired) electrons. The summed E-state index contributed by atoms with van der Waals surface area (Å²) in [7, 11) is 0. The Morgan fingerprint density at radius 1 is 1.41 bits per heavy atom. The Morgan fingerprint density at radius 3 is 2.47 bits per heavy atom. The topological polar surface area (TPSA) is 52.4 Å². The van der Waals surface area contributed by atoms with Crippen LogP contribution in [-0.2, 0) is 0 Å². The SMILES string of the molecule is CC1CC1.CCCOc1ccccc1[N+](=O)[O-]. The van der Waals surface area contributed by atoms with Gasteiger partial charge in [-0.25, -0.2) is 0 Å². The van der Waals surface area contributed by atoms with Crippen LogP contribution in [0.3, 0.4) is 0 Å². The molecular weight excluding hydrogens is 218 g/mol. The minimum absolute atomic E-state index is 0.0240. The van der Waals surface area contributed by atoms with Crippen molar-refractivity contribution in [2.75, 3.05) is 6.61 Å². The van der Waals surface area contributed by atoms with Crippen LogP contribution in [0.4, 0.5) is 5.69 Å². The van der Waals surface area contributed by atoms with Crippen LogP contribution in [0.15, 0.2) is 24.3 Å². The molecule has 1 aliphatic carbocycles. The number of nitro benzene ring substituents is 1. The van der Waals surface area contributed by atoms with Crippen molar-refractivity contribution in [1.29, 1.82) is 0 Å². The minimum Gasteiger partial charge on any atom is -0.487 e. The van der Waals surface area contributed by atoms with Gasteiger partial charge in [0, 0.05) is 6.07 Å². The van der Waals surface area contributed by atoms with E-state index in [-0.39, 0.29) is 5.69 Å². The normalized spacial score (nSPS) is 13.5. The zero-order valence-corrected chi connectivity index (χ0v) is 10.4. The average Bonchev–Trinajstić information content (AvgIpc) is 3.10. The van der Waals surface area contributed by atoms with Crippen LogP contribution in [0.5, 0.6) is 5.75 Å². The van der Waals surface area contributed by atoms with Crippen molar-refractivity contribution >= 4 is 5.69 Å². The lowest BCUT2D eigenvalue weighted by molar-refractivity contribution is -0.385. The van der Waals surface area contributed by atoms with Crippen molar-refractivity contribution in [3.8, 4) is 5.75 Å². The van der Waals surface area contributed by atoms with Crippen LogP contribution in [0.25, 0.3) is 0 Å². The molecule has 0 unspecified atom stereocenters. The van der Waals surface area contributed by atoms with Gasteiger partial charge in [0.25, 0.3) is 0 Å². The van der Waals surface area contributed by atoms with E-state index in [0.29, 0.717) is 12.4 Å². The van der Waals surface area contributed by atoms with Crippen LogP contribution in [0.2, 0.25) is 0 Å². The van der Waals surface area contributed by atoms with Crippen molar-refractivity contribution < 1.29 is 9.66 Å². The molecule has 0 N–H and O–H groups in total. The first-order valence-electron chi connectivity index (χ1n) is 6.01. The molecule has 0 heterocycles. The number of hydrogen-bond donors (Lipinski definition) is 0. The highest BCUT2D eigenvalue weighted by Crippen LogP contribution is 2.26. The minimum atomic E-state index is -0.439. The average molecular weight is 237 g/mol.